The van der Waals surface area contributed by atoms with Gasteiger partial charge in [-0.15, -0.1) is 0 Å². The van der Waals surface area contributed by atoms with E-state index in [4.69, 9.17) is 21.1 Å². The number of anilines is 1. The monoisotopic (exact) mass is 405 g/mol. The quantitative estimate of drug-likeness (QED) is 0.541. The second-order valence-corrected chi connectivity index (χ2v) is 6.57. The number of nitrogens with zero attached hydrogens (tertiary/aromatic N) is 1. The molecule has 0 aliphatic carbocycles. The summed E-state index contributed by atoms with van der Waals surface area (Å²) in [6.07, 6.45) is 1.15. The molecular formula is C20H17ClFNO5. The highest BCUT2D eigenvalue weighted by Gasteiger charge is 2.25. The molecule has 1 heterocycles. The SMILES string of the molecule is COc1ccc(C(=O)COC(=O)c2ccc(Cl)c(N3CCCC3=O)c2)cc1F. The number of esters is 1. The normalized spacial score (nSPS) is 13.5. The summed E-state index contributed by atoms with van der Waals surface area (Å²) < 4.78 is 23.5. The minimum atomic E-state index is -0.744. The van der Waals surface area contributed by atoms with Crippen LogP contribution < -0.4 is 9.64 Å². The summed E-state index contributed by atoms with van der Waals surface area (Å²) in [4.78, 5) is 37.9. The Morgan fingerprint density at radius 2 is 1.93 bits per heavy atom. The fourth-order valence-electron chi connectivity index (χ4n) is 2.89. The number of ether oxygens (including phenoxy) is 2. The van der Waals surface area contributed by atoms with Crippen molar-refractivity contribution in [1.82, 2.24) is 0 Å². The van der Waals surface area contributed by atoms with Crippen molar-refractivity contribution in [2.45, 2.75) is 12.8 Å². The maximum Gasteiger partial charge on any atom is 0.338 e. The number of benzene rings is 2. The predicted molar refractivity (Wildman–Crippen MR) is 101 cm³/mol. The number of methoxy groups -OCH3 is 1. The van der Waals surface area contributed by atoms with E-state index in [1.807, 2.05) is 0 Å². The number of carbonyl (C=O) groups is 3. The summed E-state index contributed by atoms with van der Waals surface area (Å²) in [6, 6.07) is 8.15. The molecule has 0 saturated carbocycles. The number of carbonyl (C=O) groups excluding carboxylic acids is 3. The first-order valence-corrected chi connectivity index (χ1v) is 8.92. The van der Waals surface area contributed by atoms with Crippen LogP contribution in [-0.4, -0.2) is 37.9 Å². The summed E-state index contributed by atoms with van der Waals surface area (Å²) in [6.45, 7) is -0.0240. The van der Waals surface area contributed by atoms with Gasteiger partial charge in [-0.25, -0.2) is 9.18 Å². The molecular weight excluding hydrogens is 389 g/mol. The fourth-order valence-corrected chi connectivity index (χ4v) is 3.11. The zero-order chi connectivity index (χ0) is 20.3. The Kier molecular flexibility index (Phi) is 5.94. The Balaban J connectivity index is 1.69. The van der Waals surface area contributed by atoms with Crippen molar-refractivity contribution < 1.29 is 28.2 Å². The zero-order valence-corrected chi connectivity index (χ0v) is 15.8. The molecule has 1 aliphatic heterocycles. The van der Waals surface area contributed by atoms with Crippen molar-refractivity contribution >= 4 is 34.9 Å². The predicted octanol–water partition coefficient (Wildman–Crippen LogP) is 3.65. The maximum absolute atomic E-state index is 13.7. The largest absolute Gasteiger partial charge is 0.494 e. The first kappa shape index (κ1) is 19.8. The first-order chi connectivity index (χ1) is 13.4. The molecule has 6 nitrogen and oxygen atoms in total. The van der Waals surface area contributed by atoms with E-state index < -0.39 is 24.2 Å². The third-order valence-corrected chi connectivity index (χ3v) is 4.67. The van der Waals surface area contributed by atoms with E-state index in [0.717, 1.165) is 12.5 Å². The highest BCUT2D eigenvalue weighted by Crippen LogP contribution is 2.30. The standard InChI is InChI=1S/C20H17ClFNO5/c1-27-18-7-5-12(9-15(18)22)17(24)11-28-20(26)13-4-6-14(21)16(10-13)23-8-2-3-19(23)25/h4-7,9-10H,2-3,8,11H2,1H3. The van der Waals surface area contributed by atoms with Gasteiger partial charge in [-0.1, -0.05) is 11.6 Å². The number of hydrogen-bond donors (Lipinski definition) is 0. The molecule has 0 spiro atoms. The molecule has 2 aromatic carbocycles. The number of ketones is 1. The summed E-state index contributed by atoms with van der Waals surface area (Å²) >= 11 is 6.15. The van der Waals surface area contributed by atoms with Gasteiger partial charge in [0.05, 0.1) is 23.4 Å². The van der Waals surface area contributed by atoms with Crippen LogP contribution in [0.2, 0.25) is 5.02 Å². The van der Waals surface area contributed by atoms with Gasteiger partial charge in [0.2, 0.25) is 5.91 Å². The van der Waals surface area contributed by atoms with Gasteiger partial charge < -0.3 is 14.4 Å². The zero-order valence-electron chi connectivity index (χ0n) is 15.0. The Hall–Kier alpha value is -2.93. The van der Waals surface area contributed by atoms with Gasteiger partial charge in [0.25, 0.3) is 0 Å². The molecule has 0 bridgehead atoms. The Morgan fingerprint density at radius 1 is 1.18 bits per heavy atom. The van der Waals surface area contributed by atoms with Crippen molar-refractivity contribution in [3.63, 3.8) is 0 Å². The maximum atomic E-state index is 13.7. The molecule has 1 saturated heterocycles. The molecule has 146 valence electrons. The van der Waals surface area contributed by atoms with Crippen LogP contribution in [0.5, 0.6) is 5.75 Å². The van der Waals surface area contributed by atoms with Crippen molar-refractivity contribution in [2.24, 2.45) is 0 Å². The number of rotatable bonds is 6. The van der Waals surface area contributed by atoms with E-state index in [2.05, 4.69) is 0 Å². The summed E-state index contributed by atoms with van der Waals surface area (Å²) in [7, 11) is 1.32. The van der Waals surface area contributed by atoms with E-state index >= 15 is 0 Å². The number of halogens is 2. The molecule has 0 atom stereocenters. The van der Waals surface area contributed by atoms with Crippen molar-refractivity contribution in [3.8, 4) is 5.75 Å². The van der Waals surface area contributed by atoms with Gasteiger partial charge in [0.1, 0.15) is 0 Å². The van der Waals surface area contributed by atoms with Crippen LogP contribution in [-0.2, 0) is 9.53 Å². The van der Waals surface area contributed by atoms with Gasteiger partial charge in [0.15, 0.2) is 24.0 Å². The van der Waals surface area contributed by atoms with E-state index in [-0.39, 0.29) is 22.8 Å². The number of amides is 1. The number of Topliss-reactive ketones (excluding diaryl/α,β-unsaturated/α-hetero) is 1. The van der Waals surface area contributed by atoms with Crippen LogP contribution in [0.1, 0.15) is 33.6 Å². The smallest absolute Gasteiger partial charge is 0.338 e. The molecule has 2 aromatic rings. The molecule has 0 radical (unpaired) electrons. The minimum Gasteiger partial charge on any atom is -0.494 e. The summed E-state index contributed by atoms with van der Waals surface area (Å²) in [5, 5.41) is 0.344. The molecule has 1 fully saturated rings. The summed E-state index contributed by atoms with van der Waals surface area (Å²) in [5.41, 5.74) is 0.653. The molecule has 28 heavy (non-hydrogen) atoms. The van der Waals surface area contributed by atoms with Gasteiger partial charge >= 0.3 is 5.97 Å². The van der Waals surface area contributed by atoms with Crippen LogP contribution in [0.4, 0.5) is 10.1 Å². The first-order valence-electron chi connectivity index (χ1n) is 8.54. The lowest BCUT2D eigenvalue weighted by Crippen LogP contribution is -2.24. The molecule has 0 N–H and O–H groups in total. The van der Waals surface area contributed by atoms with Crippen LogP contribution in [0, 0.1) is 5.82 Å². The van der Waals surface area contributed by atoms with Gasteiger partial charge in [-0.2, -0.15) is 0 Å². The van der Waals surface area contributed by atoms with Gasteiger partial charge in [0, 0.05) is 18.5 Å². The lowest BCUT2D eigenvalue weighted by Gasteiger charge is -2.18. The Labute approximate surface area is 165 Å². The third-order valence-electron chi connectivity index (χ3n) is 4.35. The Morgan fingerprint density at radius 3 is 2.57 bits per heavy atom. The van der Waals surface area contributed by atoms with Crippen LogP contribution in [0.3, 0.4) is 0 Å². The lowest BCUT2D eigenvalue weighted by molar-refractivity contribution is -0.117. The van der Waals surface area contributed by atoms with E-state index in [0.29, 0.717) is 23.7 Å². The number of hydrogen-bond acceptors (Lipinski definition) is 5. The molecule has 3 rings (SSSR count). The second-order valence-electron chi connectivity index (χ2n) is 6.16. The van der Waals surface area contributed by atoms with Gasteiger partial charge in [-0.05, 0) is 42.8 Å². The molecule has 0 aromatic heterocycles. The van der Waals surface area contributed by atoms with Crippen molar-refractivity contribution in [1.29, 1.82) is 0 Å². The molecule has 1 amide bonds. The fraction of sp³-hybridized carbons (Fsp3) is 0.250. The molecule has 0 unspecified atom stereocenters. The van der Waals surface area contributed by atoms with Crippen molar-refractivity contribution in [3.05, 3.63) is 58.4 Å². The van der Waals surface area contributed by atoms with Crippen LogP contribution in [0.25, 0.3) is 0 Å². The van der Waals surface area contributed by atoms with Crippen molar-refractivity contribution in [2.75, 3.05) is 25.2 Å². The second kappa shape index (κ2) is 8.39. The van der Waals surface area contributed by atoms with E-state index in [1.54, 1.807) is 0 Å². The lowest BCUT2D eigenvalue weighted by atomic mass is 10.1. The molecule has 8 heteroatoms. The van der Waals surface area contributed by atoms with E-state index in [1.165, 1.54) is 42.3 Å². The van der Waals surface area contributed by atoms with E-state index in [9.17, 15) is 18.8 Å². The third kappa shape index (κ3) is 4.14. The molecule has 1 aliphatic rings. The average molecular weight is 406 g/mol. The Bertz CT molecular complexity index is 946. The highest BCUT2D eigenvalue weighted by molar-refractivity contribution is 6.34. The summed E-state index contributed by atoms with van der Waals surface area (Å²) in [5.74, 6) is -2.04. The van der Waals surface area contributed by atoms with Gasteiger partial charge in [-0.3, -0.25) is 9.59 Å². The average Bonchev–Trinajstić information content (AvgIpc) is 3.11. The van der Waals surface area contributed by atoms with Crippen LogP contribution in [0.15, 0.2) is 36.4 Å². The topological polar surface area (TPSA) is 72.9 Å². The minimum absolute atomic E-state index is 0.0127. The highest BCUT2D eigenvalue weighted by atomic mass is 35.5. The van der Waals surface area contributed by atoms with Crippen LogP contribution >= 0.6 is 11.6 Å².